The van der Waals surface area contributed by atoms with Crippen LogP contribution in [0.15, 0.2) is 6.20 Å². The Morgan fingerprint density at radius 3 is 2.64 bits per heavy atom. The molecule has 0 aliphatic rings. The minimum atomic E-state index is -0.520. The molecule has 11 heavy (non-hydrogen) atoms. The molecule has 1 aromatic rings. The van der Waals surface area contributed by atoms with Crippen molar-refractivity contribution in [3.63, 3.8) is 0 Å². The molecule has 0 aromatic carbocycles. The SMILES string of the molecule is Cn1cc(C(C)(C)C=O)nn1. The first-order chi connectivity index (χ1) is 5.06. The number of aromatic nitrogens is 3. The summed E-state index contributed by atoms with van der Waals surface area (Å²) in [4.78, 5) is 10.6. The number of nitrogens with zero attached hydrogens (tertiary/aromatic N) is 3. The number of hydrogen-bond donors (Lipinski definition) is 0. The Morgan fingerprint density at radius 2 is 2.27 bits per heavy atom. The van der Waals surface area contributed by atoms with Crippen molar-refractivity contribution in [2.75, 3.05) is 0 Å². The molecule has 0 amide bonds. The summed E-state index contributed by atoms with van der Waals surface area (Å²) in [5.41, 5.74) is 0.184. The number of aryl methyl sites for hydroxylation is 1. The van der Waals surface area contributed by atoms with Crippen LogP contribution in [0, 0.1) is 0 Å². The molecule has 1 aromatic heterocycles. The van der Waals surface area contributed by atoms with Crippen molar-refractivity contribution in [2.24, 2.45) is 7.05 Å². The quantitative estimate of drug-likeness (QED) is 0.574. The van der Waals surface area contributed by atoms with E-state index in [2.05, 4.69) is 10.3 Å². The number of carbonyl (C=O) groups excluding carboxylic acids is 1. The van der Waals surface area contributed by atoms with Gasteiger partial charge in [-0.15, -0.1) is 5.10 Å². The molecule has 0 radical (unpaired) electrons. The van der Waals surface area contributed by atoms with Gasteiger partial charge >= 0.3 is 0 Å². The van der Waals surface area contributed by atoms with Crippen LogP contribution in [0.4, 0.5) is 0 Å². The first-order valence-electron chi connectivity index (χ1n) is 3.39. The van der Waals surface area contributed by atoms with Crippen molar-refractivity contribution < 1.29 is 4.79 Å². The molecule has 0 aliphatic carbocycles. The standard InChI is InChI=1S/C7H11N3O/c1-7(2,5-11)6-4-10(3)9-8-6/h4-5H,1-3H3. The summed E-state index contributed by atoms with van der Waals surface area (Å²) >= 11 is 0. The maximum absolute atomic E-state index is 10.6. The van der Waals surface area contributed by atoms with E-state index in [-0.39, 0.29) is 0 Å². The molecule has 0 N–H and O–H groups in total. The Kier molecular flexibility index (Phi) is 1.76. The first kappa shape index (κ1) is 7.91. The van der Waals surface area contributed by atoms with Crippen LogP contribution in [0.25, 0.3) is 0 Å². The number of aldehydes is 1. The van der Waals surface area contributed by atoms with Crippen molar-refractivity contribution in [3.05, 3.63) is 11.9 Å². The van der Waals surface area contributed by atoms with Gasteiger partial charge in [-0.3, -0.25) is 4.68 Å². The Hall–Kier alpha value is -1.19. The average molecular weight is 153 g/mol. The molecule has 0 atom stereocenters. The van der Waals surface area contributed by atoms with Gasteiger partial charge < -0.3 is 4.79 Å². The molecule has 0 bridgehead atoms. The molecular weight excluding hydrogens is 142 g/mol. The summed E-state index contributed by atoms with van der Waals surface area (Å²) in [5.74, 6) is 0. The van der Waals surface area contributed by atoms with Crippen LogP contribution >= 0.6 is 0 Å². The molecule has 0 aliphatic heterocycles. The fourth-order valence-electron chi connectivity index (χ4n) is 0.703. The lowest BCUT2D eigenvalue weighted by Gasteiger charge is -2.10. The highest BCUT2D eigenvalue weighted by Gasteiger charge is 2.22. The highest BCUT2D eigenvalue weighted by Crippen LogP contribution is 2.16. The molecule has 0 saturated carbocycles. The number of hydrogen-bond acceptors (Lipinski definition) is 3. The van der Waals surface area contributed by atoms with Crippen LogP contribution in [0.3, 0.4) is 0 Å². The molecule has 4 heteroatoms. The molecular formula is C7H11N3O. The van der Waals surface area contributed by atoms with E-state index in [4.69, 9.17) is 0 Å². The summed E-state index contributed by atoms with van der Waals surface area (Å²) in [6.07, 6.45) is 2.62. The molecule has 60 valence electrons. The molecule has 0 unspecified atom stereocenters. The van der Waals surface area contributed by atoms with Crippen LogP contribution in [0.5, 0.6) is 0 Å². The first-order valence-corrected chi connectivity index (χ1v) is 3.39. The summed E-state index contributed by atoms with van der Waals surface area (Å²) in [6, 6.07) is 0. The molecule has 4 nitrogen and oxygen atoms in total. The largest absolute Gasteiger partial charge is 0.302 e. The lowest BCUT2D eigenvalue weighted by atomic mass is 9.92. The van der Waals surface area contributed by atoms with E-state index in [1.807, 2.05) is 13.8 Å². The van der Waals surface area contributed by atoms with Crippen molar-refractivity contribution in [1.29, 1.82) is 0 Å². The second-order valence-electron chi connectivity index (χ2n) is 3.12. The summed E-state index contributed by atoms with van der Waals surface area (Å²) in [7, 11) is 1.78. The van der Waals surface area contributed by atoms with Gasteiger partial charge in [-0.05, 0) is 13.8 Å². The Bertz CT molecular complexity index is 264. The van der Waals surface area contributed by atoms with Gasteiger partial charge in [-0.2, -0.15) is 0 Å². The monoisotopic (exact) mass is 153 g/mol. The zero-order valence-electron chi connectivity index (χ0n) is 6.90. The number of carbonyl (C=O) groups is 1. The van der Waals surface area contributed by atoms with E-state index in [9.17, 15) is 4.79 Å². The van der Waals surface area contributed by atoms with Gasteiger partial charge in [-0.1, -0.05) is 5.21 Å². The van der Waals surface area contributed by atoms with Gasteiger partial charge in [0.15, 0.2) is 0 Å². The third-order valence-electron chi connectivity index (χ3n) is 1.56. The van der Waals surface area contributed by atoms with Crippen LogP contribution < -0.4 is 0 Å². The van der Waals surface area contributed by atoms with Crippen LogP contribution in [-0.2, 0) is 17.3 Å². The van der Waals surface area contributed by atoms with Crippen molar-refractivity contribution in [2.45, 2.75) is 19.3 Å². The van der Waals surface area contributed by atoms with Gasteiger partial charge in [0.25, 0.3) is 0 Å². The van der Waals surface area contributed by atoms with E-state index >= 15 is 0 Å². The smallest absolute Gasteiger partial charge is 0.131 e. The molecule has 1 rings (SSSR count). The van der Waals surface area contributed by atoms with Crippen LogP contribution in [-0.4, -0.2) is 21.3 Å². The summed E-state index contributed by atoms with van der Waals surface area (Å²) in [6.45, 7) is 3.62. The second-order valence-corrected chi connectivity index (χ2v) is 3.12. The lowest BCUT2D eigenvalue weighted by Crippen LogP contribution is -2.19. The van der Waals surface area contributed by atoms with Crippen LogP contribution in [0.2, 0.25) is 0 Å². The third-order valence-corrected chi connectivity index (χ3v) is 1.56. The third kappa shape index (κ3) is 1.45. The maximum Gasteiger partial charge on any atom is 0.131 e. The Labute approximate surface area is 65.2 Å². The van der Waals surface area contributed by atoms with Gasteiger partial charge in [0.1, 0.15) is 6.29 Å². The van der Waals surface area contributed by atoms with E-state index in [0.717, 1.165) is 6.29 Å². The molecule has 0 spiro atoms. The van der Waals surface area contributed by atoms with E-state index < -0.39 is 5.41 Å². The van der Waals surface area contributed by atoms with Gasteiger partial charge in [0.05, 0.1) is 11.1 Å². The molecule has 0 fully saturated rings. The van der Waals surface area contributed by atoms with Crippen molar-refractivity contribution >= 4 is 6.29 Å². The van der Waals surface area contributed by atoms with Gasteiger partial charge in [0.2, 0.25) is 0 Å². The Morgan fingerprint density at radius 1 is 1.64 bits per heavy atom. The van der Waals surface area contributed by atoms with Crippen molar-refractivity contribution in [3.8, 4) is 0 Å². The van der Waals surface area contributed by atoms with Gasteiger partial charge in [0, 0.05) is 13.2 Å². The highest BCUT2D eigenvalue weighted by molar-refractivity contribution is 5.65. The van der Waals surface area contributed by atoms with Gasteiger partial charge in [-0.25, -0.2) is 0 Å². The van der Waals surface area contributed by atoms with E-state index in [0.29, 0.717) is 5.69 Å². The highest BCUT2D eigenvalue weighted by atomic mass is 16.1. The normalized spacial score (nSPS) is 11.5. The minimum Gasteiger partial charge on any atom is -0.302 e. The minimum absolute atomic E-state index is 0.520. The second kappa shape index (κ2) is 2.45. The zero-order valence-corrected chi connectivity index (χ0v) is 6.90. The van der Waals surface area contributed by atoms with E-state index in [1.54, 1.807) is 17.9 Å². The van der Waals surface area contributed by atoms with E-state index in [1.165, 1.54) is 0 Å². The van der Waals surface area contributed by atoms with Crippen LogP contribution in [0.1, 0.15) is 19.5 Å². The zero-order chi connectivity index (χ0) is 8.48. The average Bonchev–Trinajstić information content (AvgIpc) is 2.36. The predicted molar refractivity (Wildman–Crippen MR) is 40.1 cm³/mol. The fraction of sp³-hybridized carbons (Fsp3) is 0.571. The maximum atomic E-state index is 10.6. The summed E-state index contributed by atoms with van der Waals surface area (Å²) in [5, 5.41) is 7.58. The Balaban J connectivity index is 3.01. The fourth-order valence-corrected chi connectivity index (χ4v) is 0.703. The topological polar surface area (TPSA) is 47.8 Å². The lowest BCUT2D eigenvalue weighted by molar-refractivity contribution is -0.111. The van der Waals surface area contributed by atoms with Crippen molar-refractivity contribution in [1.82, 2.24) is 15.0 Å². The molecule has 0 saturated heterocycles. The number of rotatable bonds is 2. The molecule has 1 heterocycles. The predicted octanol–water partition coefficient (Wildman–Crippen LogP) is 0.292. The summed E-state index contributed by atoms with van der Waals surface area (Å²) < 4.78 is 1.58.